The number of carbonyl (C=O) groups is 1. The van der Waals surface area contributed by atoms with E-state index in [0.717, 1.165) is 25.8 Å². The van der Waals surface area contributed by atoms with Crippen molar-refractivity contribution in [2.24, 2.45) is 5.92 Å². The Labute approximate surface area is 73.4 Å². The first-order valence-electron chi connectivity index (χ1n) is 4.58. The fourth-order valence-corrected chi connectivity index (χ4v) is 2.01. The normalized spacial score (nSPS) is 30.8. The lowest BCUT2D eigenvalue weighted by Gasteiger charge is -2.13. The average molecular weight is 171 g/mol. The van der Waals surface area contributed by atoms with Crippen LogP contribution in [0.5, 0.6) is 0 Å². The molecule has 1 rings (SSSR count). The predicted octanol–water partition coefficient (Wildman–Crippen LogP) is 1.19. The summed E-state index contributed by atoms with van der Waals surface area (Å²) in [5.41, 5.74) is 0. The third kappa shape index (κ3) is 1.97. The summed E-state index contributed by atoms with van der Waals surface area (Å²) in [6.07, 6.45) is 3.15. The molecule has 0 spiro atoms. The van der Waals surface area contributed by atoms with Crippen molar-refractivity contribution in [2.45, 2.75) is 32.2 Å². The summed E-state index contributed by atoms with van der Waals surface area (Å²) in [7, 11) is 1.90. The number of hydrogen-bond donors (Lipinski definition) is 1. The smallest absolute Gasteiger partial charge is 0.320 e. The van der Waals surface area contributed by atoms with E-state index in [0.29, 0.717) is 5.92 Å². The molecule has 0 unspecified atom stereocenters. The molecule has 0 aromatic carbocycles. The highest BCUT2D eigenvalue weighted by Crippen LogP contribution is 2.25. The Morgan fingerprint density at radius 3 is 2.75 bits per heavy atom. The van der Waals surface area contributed by atoms with Gasteiger partial charge in [0.25, 0.3) is 0 Å². The number of hydrogen-bond acceptors (Lipinski definition) is 2. The van der Waals surface area contributed by atoms with E-state index in [4.69, 9.17) is 5.11 Å². The summed E-state index contributed by atoms with van der Waals surface area (Å²) in [6.45, 7) is 3.10. The van der Waals surface area contributed by atoms with Crippen LogP contribution in [0.4, 0.5) is 0 Å². The summed E-state index contributed by atoms with van der Waals surface area (Å²) in [4.78, 5) is 12.7. The number of carboxylic acid groups (broad SMARTS) is 1. The van der Waals surface area contributed by atoms with E-state index in [-0.39, 0.29) is 6.04 Å². The fourth-order valence-electron chi connectivity index (χ4n) is 2.01. The van der Waals surface area contributed by atoms with Gasteiger partial charge in [0.15, 0.2) is 0 Å². The van der Waals surface area contributed by atoms with Crippen LogP contribution in [0.15, 0.2) is 0 Å². The largest absolute Gasteiger partial charge is 0.480 e. The molecule has 0 radical (unpaired) electrons. The second kappa shape index (κ2) is 3.90. The number of rotatable bonds is 3. The molecule has 0 aromatic heterocycles. The van der Waals surface area contributed by atoms with Crippen molar-refractivity contribution >= 4 is 5.97 Å². The molecule has 70 valence electrons. The van der Waals surface area contributed by atoms with Gasteiger partial charge in [-0.05, 0) is 25.8 Å². The van der Waals surface area contributed by atoms with E-state index in [1.165, 1.54) is 0 Å². The van der Waals surface area contributed by atoms with E-state index in [9.17, 15) is 4.79 Å². The Bertz CT molecular complexity index is 170. The maximum Gasteiger partial charge on any atom is 0.320 e. The van der Waals surface area contributed by atoms with Gasteiger partial charge in [-0.2, -0.15) is 0 Å². The summed E-state index contributed by atoms with van der Waals surface area (Å²) in [5.74, 6) is -0.0720. The molecule has 0 saturated carbocycles. The molecule has 2 atom stereocenters. The van der Waals surface area contributed by atoms with Crippen molar-refractivity contribution in [2.75, 3.05) is 13.6 Å². The third-order valence-electron chi connectivity index (χ3n) is 2.62. The van der Waals surface area contributed by atoms with Crippen LogP contribution in [0.3, 0.4) is 0 Å². The zero-order valence-electron chi connectivity index (χ0n) is 7.79. The van der Waals surface area contributed by atoms with Crippen LogP contribution in [0, 0.1) is 5.92 Å². The molecule has 0 aliphatic carbocycles. The van der Waals surface area contributed by atoms with Gasteiger partial charge in [-0.15, -0.1) is 0 Å². The van der Waals surface area contributed by atoms with Crippen LogP contribution in [-0.2, 0) is 4.79 Å². The van der Waals surface area contributed by atoms with E-state index < -0.39 is 5.97 Å². The van der Waals surface area contributed by atoms with Crippen LogP contribution in [0.25, 0.3) is 0 Å². The van der Waals surface area contributed by atoms with Crippen molar-refractivity contribution in [3.63, 3.8) is 0 Å². The number of carboxylic acids is 1. The third-order valence-corrected chi connectivity index (χ3v) is 2.62. The Balaban J connectivity index is 2.44. The number of likely N-dealkylation sites (N-methyl/N-ethyl adjacent to an activating group) is 1. The van der Waals surface area contributed by atoms with Gasteiger partial charge in [-0.25, -0.2) is 0 Å². The summed E-state index contributed by atoms with van der Waals surface area (Å²) in [6, 6.07) is -0.235. The fraction of sp³-hybridized carbons (Fsp3) is 0.889. The summed E-state index contributed by atoms with van der Waals surface area (Å²) >= 11 is 0. The quantitative estimate of drug-likeness (QED) is 0.693. The number of likely N-dealkylation sites (tertiary alicyclic amines) is 1. The van der Waals surface area contributed by atoms with Gasteiger partial charge in [-0.1, -0.05) is 13.3 Å². The Morgan fingerprint density at radius 2 is 2.33 bits per heavy atom. The molecule has 0 bridgehead atoms. The maximum atomic E-state index is 10.7. The first kappa shape index (κ1) is 9.52. The molecule has 3 nitrogen and oxygen atoms in total. The topological polar surface area (TPSA) is 40.5 Å². The molecule has 12 heavy (non-hydrogen) atoms. The molecular formula is C9H17NO2. The van der Waals surface area contributed by atoms with Crippen molar-refractivity contribution in [3.05, 3.63) is 0 Å². The van der Waals surface area contributed by atoms with Crippen LogP contribution >= 0.6 is 0 Å². The lowest BCUT2D eigenvalue weighted by molar-refractivity contribution is -0.141. The van der Waals surface area contributed by atoms with Crippen LogP contribution in [0.1, 0.15) is 26.2 Å². The minimum absolute atomic E-state index is 0.235. The van der Waals surface area contributed by atoms with Gasteiger partial charge < -0.3 is 5.11 Å². The Morgan fingerprint density at radius 1 is 1.67 bits per heavy atom. The predicted molar refractivity (Wildman–Crippen MR) is 47.1 cm³/mol. The zero-order chi connectivity index (χ0) is 9.14. The molecular weight excluding hydrogens is 154 g/mol. The van der Waals surface area contributed by atoms with Crippen LogP contribution in [0.2, 0.25) is 0 Å². The molecule has 1 saturated heterocycles. The molecule has 1 aliphatic heterocycles. The van der Waals surface area contributed by atoms with E-state index in [1.807, 2.05) is 11.9 Å². The van der Waals surface area contributed by atoms with Gasteiger partial charge >= 0.3 is 5.97 Å². The van der Waals surface area contributed by atoms with E-state index in [1.54, 1.807) is 0 Å². The van der Waals surface area contributed by atoms with Gasteiger partial charge in [0.05, 0.1) is 0 Å². The van der Waals surface area contributed by atoms with Crippen LogP contribution < -0.4 is 0 Å². The maximum absolute atomic E-state index is 10.7. The molecule has 0 amide bonds. The molecule has 1 aliphatic rings. The first-order valence-corrected chi connectivity index (χ1v) is 4.58. The monoisotopic (exact) mass is 171 g/mol. The van der Waals surface area contributed by atoms with Crippen molar-refractivity contribution in [1.82, 2.24) is 4.90 Å². The van der Waals surface area contributed by atoms with Gasteiger partial charge in [0, 0.05) is 6.54 Å². The Hall–Kier alpha value is -0.570. The molecule has 1 heterocycles. The summed E-state index contributed by atoms with van der Waals surface area (Å²) < 4.78 is 0. The van der Waals surface area contributed by atoms with Crippen molar-refractivity contribution in [1.29, 1.82) is 0 Å². The molecule has 0 aromatic rings. The number of aliphatic carboxylic acids is 1. The highest BCUT2D eigenvalue weighted by Gasteiger charge is 2.33. The molecule has 1 N–H and O–H groups in total. The average Bonchev–Trinajstić information content (AvgIpc) is 2.32. The van der Waals surface area contributed by atoms with E-state index in [2.05, 4.69) is 6.92 Å². The lowest BCUT2D eigenvalue weighted by Crippen LogP contribution is -2.32. The van der Waals surface area contributed by atoms with Crippen molar-refractivity contribution in [3.8, 4) is 0 Å². The van der Waals surface area contributed by atoms with Crippen LogP contribution in [-0.4, -0.2) is 35.6 Å². The zero-order valence-corrected chi connectivity index (χ0v) is 7.79. The van der Waals surface area contributed by atoms with Gasteiger partial charge in [0.1, 0.15) is 6.04 Å². The second-order valence-electron chi connectivity index (χ2n) is 3.68. The van der Waals surface area contributed by atoms with Gasteiger partial charge in [-0.3, -0.25) is 9.69 Å². The number of nitrogens with zero attached hydrogens (tertiary/aromatic N) is 1. The molecule has 1 fully saturated rings. The lowest BCUT2D eigenvalue weighted by atomic mass is 10.0. The van der Waals surface area contributed by atoms with E-state index >= 15 is 0 Å². The minimum atomic E-state index is -0.670. The first-order chi connectivity index (χ1) is 5.65. The SMILES string of the molecule is CCC[C@@H]1C[C@@H](C(=O)O)N(C)C1. The van der Waals surface area contributed by atoms with Gasteiger partial charge in [0.2, 0.25) is 0 Å². The highest BCUT2D eigenvalue weighted by molar-refractivity contribution is 5.73. The van der Waals surface area contributed by atoms with Crippen molar-refractivity contribution < 1.29 is 9.90 Å². The summed E-state index contributed by atoms with van der Waals surface area (Å²) in [5, 5.41) is 8.83. The standard InChI is InChI=1S/C9H17NO2/c1-3-4-7-5-8(9(11)12)10(2)6-7/h7-8H,3-6H2,1-2H3,(H,11,12)/t7-,8+/m1/s1. The second-order valence-corrected chi connectivity index (χ2v) is 3.68. The Kier molecular flexibility index (Phi) is 3.09. The highest BCUT2D eigenvalue weighted by atomic mass is 16.4. The minimum Gasteiger partial charge on any atom is -0.480 e. The molecule has 3 heteroatoms.